The minimum Gasteiger partial charge on any atom is -0.542 e. The first-order valence-corrected chi connectivity index (χ1v) is 6.82. The molecule has 0 aromatic carbocycles. The number of carbonyl (C=O) groups is 9. The molecule has 150 valence electrons. The van der Waals surface area contributed by atoms with Crippen LogP contribution in [0.3, 0.4) is 0 Å². The molecule has 0 aliphatic rings. The number of carboxylic acid groups (broad SMARTS) is 3. The fourth-order valence-corrected chi connectivity index (χ4v) is 0.895. The van der Waals surface area contributed by atoms with E-state index in [0.29, 0.717) is 0 Å². The molecule has 0 amide bonds. The quantitative estimate of drug-likeness (QED) is 0.180. The largest absolute Gasteiger partial charge is 3.00 e. The first kappa shape index (κ1) is 32.7. The first-order chi connectivity index (χ1) is 12.1. The van der Waals surface area contributed by atoms with Crippen LogP contribution < -0.4 is 15.3 Å². The molecule has 0 aromatic rings. The summed E-state index contributed by atoms with van der Waals surface area (Å²) in [6.45, 7) is 3.42. The molecule has 0 aliphatic carbocycles. The van der Waals surface area contributed by atoms with Crippen LogP contribution in [-0.4, -0.2) is 72.4 Å². The summed E-state index contributed by atoms with van der Waals surface area (Å²) in [4.78, 5) is 89.2. The van der Waals surface area contributed by atoms with E-state index in [0.717, 1.165) is 20.8 Å². The molecule has 0 spiro atoms. The Hall–Kier alpha value is -2.93. The summed E-state index contributed by atoms with van der Waals surface area (Å²) in [5.41, 5.74) is 0. The monoisotopic (exact) mass is 456 g/mol. The summed E-state index contributed by atoms with van der Waals surface area (Å²) < 4.78 is 0. The number of Topliss-reactive ketones (excluding diaryl/α,β-unsaturated/α-hetero) is 6. The average Bonchev–Trinajstić information content (AvgIpc) is 2.46. The van der Waals surface area contributed by atoms with Gasteiger partial charge in [-0.05, 0) is 20.8 Å². The number of aliphatic carboxylic acids is 3. The second-order valence-corrected chi connectivity index (χ2v) is 4.77. The van der Waals surface area contributed by atoms with Crippen molar-refractivity contribution in [1.29, 1.82) is 0 Å². The van der Waals surface area contributed by atoms with Gasteiger partial charge in [-0.2, -0.15) is 0 Å². The molecule has 0 saturated carbocycles. The van der Waals surface area contributed by atoms with Crippen molar-refractivity contribution in [1.82, 2.24) is 0 Å². The summed E-state index contributed by atoms with van der Waals surface area (Å²) in [6, 6.07) is 0. The summed E-state index contributed by atoms with van der Waals surface area (Å²) in [6.07, 6.45) is -1.70. The van der Waals surface area contributed by atoms with Gasteiger partial charge in [0.2, 0.25) is 0 Å². The zero-order valence-electron chi connectivity index (χ0n) is 15.1. The van der Waals surface area contributed by atoms with E-state index < -0.39 is 71.9 Å². The van der Waals surface area contributed by atoms with Gasteiger partial charge in [0.25, 0.3) is 0 Å². The van der Waals surface area contributed by atoms with Crippen LogP contribution in [0.25, 0.3) is 0 Å². The Morgan fingerprint density at radius 3 is 0.643 bits per heavy atom. The fraction of sp³-hybridized carbons (Fsp3) is 0.400. The smallest absolute Gasteiger partial charge is 0.542 e. The first-order valence-electron chi connectivity index (χ1n) is 6.82. The Kier molecular flexibility index (Phi) is 20.4. The molecule has 0 atom stereocenters. The molecule has 0 heterocycles. The molecular formula is C15H15GaO12. The van der Waals surface area contributed by atoms with E-state index in [4.69, 9.17) is 0 Å². The molecule has 0 unspecified atom stereocenters. The summed E-state index contributed by atoms with van der Waals surface area (Å²) >= 11 is 0. The minimum absolute atomic E-state index is 0. The van der Waals surface area contributed by atoms with Gasteiger partial charge in [-0.25, -0.2) is 0 Å². The van der Waals surface area contributed by atoms with Crippen LogP contribution in [0.5, 0.6) is 0 Å². The standard InChI is InChI=1S/3C5H6O4.Ga/c3*1-3(6)2-4(7)5(8)9;/h3*2H2,1H3,(H,8,9);/q;;;+3/p-3. The normalized spacial score (nSPS) is 8.25. The Morgan fingerprint density at radius 2 is 0.607 bits per heavy atom. The molecule has 0 saturated heterocycles. The van der Waals surface area contributed by atoms with Crippen LogP contribution in [0.4, 0.5) is 0 Å². The van der Waals surface area contributed by atoms with Gasteiger partial charge in [-0.15, -0.1) is 0 Å². The van der Waals surface area contributed by atoms with Crippen molar-refractivity contribution < 1.29 is 58.5 Å². The molecule has 0 aromatic heterocycles. The summed E-state index contributed by atoms with van der Waals surface area (Å²) in [5, 5.41) is 28.9. The third-order valence-electron chi connectivity index (χ3n) is 1.91. The molecule has 0 N–H and O–H groups in total. The van der Waals surface area contributed by atoms with Crippen molar-refractivity contribution in [2.24, 2.45) is 0 Å². The van der Waals surface area contributed by atoms with Crippen LogP contribution >= 0.6 is 0 Å². The second-order valence-electron chi connectivity index (χ2n) is 4.77. The molecule has 12 nitrogen and oxygen atoms in total. The average molecular weight is 457 g/mol. The zero-order chi connectivity index (χ0) is 22.3. The van der Waals surface area contributed by atoms with Crippen LogP contribution in [0.1, 0.15) is 40.0 Å². The van der Waals surface area contributed by atoms with Crippen LogP contribution in [-0.2, 0) is 43.2 Å². The van der Waals surface area contributed by atoms with Crippen molar-refractivity contribution in [3.05, 3.63) is 0 Å². The minimum atomic E-state index is -1.80. The van der Waals surface area contributed by atoms with E-state index in [1.54, 1.807) is 0 Å². The van der Waals surface area contributed by atoms with E-state index in [9.17, 15) is 58.5 Å². The Balaban J connectivity index is -0.000000152. The fourth-order valence-electron chi connectivity index (χ4n) is 0.895. The third-order valence-corrected chi connectivity index (χ3v) is 1.91. The SMILES string of the molecule is CC(=O)CC(=O)C(=O)[O-].CC(=O)CC(=O)C(=O)[O-].CC(=O)CC(=O)C(=O)[O-].[Ga+3]. The van der Waals surface area contributed by atoms with Crippen LogP contribution in [0.15, 0.2) is 0 Å². The predicted molar refractivity (Wildman–Crippen MR) is 81.7 cm³/mol. The zero-order valence-corrected chi connectivity index (χ0v) is 17.5. The van der Waals surface area contributed by atoms with Gasteiger partial charge in [-0.3, -0.25) is 28.8 Å². The van der Waals surface area contributed by atoms with Crippen LogP contribution in [0.2, 0.25) is 0 Å². The van der Waals surface area contributed by atoms with E-state index in [-0.39, 0.29) is 19.8 Å². The number of ketones is 6. The Morgan fingerprint density at radius 1 is 0.464 bits per heavy atom. The summed E-state index contributed by atoms with van der Waals surface area (Å²) in [7, 11) is 0. The summed E-state index contributed by atoms with van der Waals surface area (Å²) in [5.74, 6) is -10.3. The van der Waals surface area contributed by atoms with Gasteiger partial charge in [0, 0.05) is 0 Å². The Labute approximate surface area is 171 Å². The number of rotatable bonds is 9. The predicted octanol–water partition coefficient (Wildman–Crippen LogP) is -5.53. The van der Waals surface area contributed by atoms with Gasteiger partial charge in [0.1, 0.15) is 35.3 Å². The maximum Gasteiger partial charge on any atom is 3.00 e. The van der Waals surface area contributed by atoms with E-state index in [1.807, 2.05) is 0 Å². The molecule has 0 bridgehead atoms. The second kappa shape index (κ2) is 17.5. The maximum absolute atomic E-state index is 10.1. The van der Waals surface area contributed by atoms with Crippen LogP contribution in [0, 0.1) is 0 Å². The molecule has 0 rings (SSSR count). The van der Waals surface area contributed by atoms with Crippen molar-refractivity contribution in [2.45, 2.75) is 40.0 Å². The molecule has 28 heavy (non-hydrogen) atoms. The van der Waals surface area contributed by atoms with Gasteiger partial charge in [-0.1, -0.05) is 0 Å². The Bertz CT molecular complexity index is 572. The van der Waals surface area contributed by atoms with E-state index >= 15 is 0 Å². The van der Waals surface area contributed by atoms with Crippen molar-refractivity contribution in [3.63, 3.8) is 0 Å². The van der Waals surface area contributed by atoms with E-state index in [2.05, 4.69) is 0 Å². The van der Waals surface area contributed by atoms with Gasteiger partial charge >= 0.3 is 19.8 Å². The van der Waals surface area contributed by atoms with Crippen molar-refractivity contribution >= 4 is 72.4 Å². The van der Waals surface area contributed by atoms with Crippen molar-refractivity contribution in [2.75, 3.05) is 0 Å². The molecule has 0 aliphatic heterocycles. The van der Waals surface area contributed by atoms with Gasteiger partial charge in [0.05, 0.1) is 19.3 Å². The third kappa shape index (κ3) is 25.3. The van der Waals surface area contributed by atoms with Gasteiger partial charge < -0.3 is 29.7 Å². The van der Waals surface area contributed by atoms with E-state index in [1.165, 1.54) is 0 Å². The molecule has 0 fully saturated rings. The molecule has 13 heteroatoms. The number of carbonyl (C=O) groups excluding carboxylic acids is 9. The molecular weight excluding hydrogens is 442 g/mol. The topological polar surface area (TPSA) is 223 Å². The number of carboxylic acids is 3. The van der Waals surface area contributed by atoms with Gasteiger partial charge in [0.15, 0.2) is 17.3 Å². The molecule has 0 radical (unpaired) electrons. The maximum atomic E-state index is 10.1. The number of hydrogen-bond acceptors (Lipinski definition) is 12. The van der Waals surface area contributed by atoms with Crippen molar-refractivity contribution in [3.8, 4) is 0 Å². The number of hydrogen-bond donors (Lipinski definition) is 0.